The Hall–Kier alpha value is -3.38. The molecule has 28 heavy (non-hydrogen) atoms. The number of carbonyl (C=O) groups excluding carboxylic acids is 1. The number of hydrogen-bond donors (Lipinski definition) is 3. The van der Waals surface area contributed by atoms with Crippen LogP contribution in [0.4, 0.5) is 11.4 Å². The van der Waals surface area contributed by atoms with Crippen LogP contribution in [-0.2, 0) is 0 Å². The smallest absolute Gasteiger partial charge is 0.262 e. The molecule has 1 atom stereocenters. The summed E-state index contributed by atoms with van der Waals surface area (Å²) in [6.45, 7) is 0. The molecule has 3 aromatic rings. The molecule has 7 heteroatoms. The quantitative estimate of drug-likeness (QED) is 0.566. The second-order valence-corrected chi connectivity index (χ2v) is 6.75. The SMILES string of the molecule is COc1cccc(N2C(=O)c3ccccc3NC2c2cc(O)c(O)c(Cl)c2)c1. The molecule has 1 aliphatic rings. The van der Waals surface area contributed by atoms with E-state index in [-0.39, 0.29) is 16.7 Å². The maximum Gasteiger partial charge on any atom is 0.262 e. The van der Waals surface area contributed by atoms with E-state index in [1.807, 2.05) is 12.1 Å². The summed E-state index contributed by atoms with van der Waals surface area (Å²) < 4.78 is 5.29. The van der Waals surface area contributed by atoms with Crippen molar-refractivity contribution in [2.45, 2.75) is 6.17 Å². The number of methoxy groups -OCH3 is 1. The van der Waals surface area contributed by atoms with Crippen LogP contribution in [0.3, 0.4) is 0 Å². The highest BCUT2D eigenvalue weighted by Crippen LogP contribution is 2.41. The summed E-state index contributed by atoms with van der Waals surface area (Å²) in [6.07, 6.45) is -0.654. The van der Waals surface area contributed by atoms with Crippen molar-refractivity contribution in [2.24, 2.45) is 0 Å². The molecule has 1 unspecified atom stereocenters. The summed E-state index contributed by atoms with van der Waals surface area (Å²) >= 11 is 6.06. The van der Waals surface area contributed by atoms with Crippen molar-refractivity contribution in [2.75, 3.05) is 17.3 Å². The van der Waals surface area contributed by atoms with Gasteiger partial charge in [-0.3, -0.25) is 9.69 Å². The average Bonchev–Trinajstić information content (AvgIpc) is 2.71. The summed E-state index contributed by atoms with van der Waals surface area (Å²) in [7, 11) is 1.56. The van der Waals surface area contributed by atoms with Crippen LogP contribution in [0.2, 0.25) is 5.02 Å². The van der Waals surface area contributed by atoms with E-state index in [1.54, 1.807) is 48.4 Å². The number of carbonyl (C=O) groups is 1. The van der Waals surface area contributed by atoms with E-state index in [0.29, 0.717) is 28.3 Å². The topological polar surface area (TPSA) is 82.0 Å². The molecule has 4 rings (SSSR count). The lowest BCUT2D eigenvalue weighted by Crippen LogP contribution is -2.43. The highest BCUT2D eigenvalue weighted by Gasteiger charge is 2.34. The number of hydrogen-bond acceptors (Lipinski definition) is 5. The number of amides is 1. The minimum absolute atomic E-state index is 0.00583. The molecule has 0 saturated carbocycles. The van der Waals surface area contributed by atoms with Gasteiger partial charge in [-0.05, 0) is 36.4 Å². The van der Waals surface area contributed by atoms with E-state index in [1.165, 1.54) is 12.1 Å². The number of benzene rings is 3. The summed E-state index contributed by atoms with van der Waals surface area (Å²) in [6, 6.07) is 17.2. The van der Waals surface area contributed by atoms with Gasteiger partial charge in [0.2, 0.25) is 0 Å². The molecule has 0 saturated heterocycles. The summed E-state index contributed by atoms with van der Waals surface area (Å²) in [5.74, 6) is -0.368. The summed E-state index contributed by atoms with van der Waals surface area (Å²) in [5, 5.41) is 23.1. The standard InChI is InChI=1S/C21H17ClN2O4/c1-28-14-6-4-5-13(11-14)24-20(12-9-16(22)19(26)18(25)10-12)23-17-8-3-2-7-15(17)21(24)27/h2-11,20,23,25-26H,1H3. The number of para-hydroxylation sites is 1. The van der Waals surface area contributed by atoms with Crippen LogP contribution in [0.1, 0.15) is 22.1 Å². The van der Waals surface area contributed by atoms with Crippen LogP contribution in [0, 0.1) is 0 Å². The Balaban J connectivity index is 1.89. The van der Waals surface area contributed by atoms with Gasteiger partial charge in [0.05, 0.1) is 23.4 Å². The fraction of sp³-hybridized carbons (Fsp3) is 0.0952. The number of rotatable bonds is 3. The van der Waals surface area contributed by atoms with Crippen LogP contribution in [0.15, 0.2) is 60.7 Å². The monoisotopic (exact) mass is 396 g/mol. The molecule has 0 bridgehead atoms. The number of halogens is 1. The molecule has 6 nitrogen and oxygen atoms in total. The number of nitrogens with one attached hydrogen (secondary N) is 1. The zero-order valence-corrected chi connectivity index (χ0v) is 15.6. The van der Waals surface area contributed by atoms with Crippen LogP contribution >= 0.6 is 11.6 Å². The highest BCUT2D eigenvalue weighted by atomic mass is 35.5. The first-order valence-electron chi connectivity index (χ1n) is 8.54. The third kappa shape index (κ3) is 2.97. The molecule has 0 aliphatic carbocycles. The second-order valence-electron chi connectivity index (χ2n) is 6.34. The highest BCUT2D eigenvalue weighted by molar-refractivity contribution is 6.32. The fourth-order valence-corrected chi connectivity index (χ4v) is 3.50. The predicted octanol–water partition coefficient (Wildman–Crippen LogP) is 4.53. The number of anilines is 2. The van der Waals surface area contributed by atoms with Crippen molar-refractivity contribution in [1.29, 1.82) is 0 Å². The van der Waals surface area contributed by atoms with Crippen molar-refractivity contribution < 1.29 is 19.7 Å². The Kier molecular flexibility index (Phi) is 4.49. The van der Waals surface area contributed by atoms with E-state index >= 15 is 0 Å². The Morgan fingerprint density at radius 1 is 1.07 bits per heavy atom. The largest absolute Gasteiger partial charge is 0.504 e. The van der Waals surface area contributed by atoms with E-state index in [4.69, 9.17) is 16.3 Å². The Bertz CT molecular complexity index is 1050. The van der Waals surface area contributed by atoms with Gasteiger partial charge in [-0.15, -0.1) is 0 Å². The lowest BCUT2D eigenvalue weighted by Gasteiger charge is -2.38. The number of aromatic hydroxyl groups is 2. The minimum Gasteiger partial charge on any atom is -0.504 e. The second kappa shape index (κ2) is 6.98. The molecule has 1 aliphatic heterocycles. The van der Waals surface area contributed by atoms with E-state index in [2.05, 4.69) is 5.32 Å². The molecule has 0 spiro atoms. The molecule has 142 valence electrons. The Morgan fingerprint density at radius 2 is 1.86 bits per heavy atom. The molecule has 1 heterocycles. The van der Waals surface area contributed by atoms with Gasteiger partial charge in [-0.2, -0.15) is 0 Å². The normalized spacial score (nSPS) is 15.7. The van der Waals surface area contributed by atoms with Crippen molar-refractivity contribution in [3.8, 4) is 17.2 Å². The molecular weight excluding hydrogens is 380 g/mol. The van der Waals surface area contributed by atoms with Gasteiger partial charge >= 0.3 is 0 Å². The van der Waals surface area contributed by atoms with Crippen LogP contribution in [-0.4, -0.2) is 23.2 Å². The van der Waals surface area contributed by atoms with Gasteiger partial charge in [-0.25, -0.2) is 0 Å². The zero-order valence-electron chi connectivity index (χ0n) is 14.9. The van der Waals surface area contributed by atoms with Crippen molar-refractivity contribution in [3.63, 3.8) is 0 Å². The van der Waals surface area contributed by atoms with E-state index in [9.17, 15) is 15.0 Å². The van der Waals surface area contributed by atoms with Crippen LogP contribution in [0.25, 0.3) is 0 Å². The van der Waals surface area contributed by atoms with Gasteiger partial charge in [-0.1, -0.05) is 29.8 Å². The molecular formula is C21H17ClN2O4. The van der Waals surface area contributed by atoms with Gasteiger partial charge in [0.15, 0.2) is 11.5 Å². The van der Waals surface area contributed by atoms with Crippen molar-refractivity contribution in [1.82, 2.24) is 0 Å². The van der Waals surface area contributed by atoms with Gasteiger partial charge in [0.1, 0.15) is 11.9 Å². The third-order valence-electron chi connectivity index (χ3n) is 4.64. The first kappa shape index (κ1) is 18.0. The number of phenols is 2. The lowest BCUT2D eigenvalue weighted by atomic mass is 10.0. The number of nitrogens with zero attached hydrogens (tertiary/aromatic N) is 1. The molecule has 0 aromatic heterocycles. The van der Waals surface area contributed by atoms with Crippen LogP contribution in [0.5, 0.6) is 17.2 Å². The first-order chi connectivity index (χ1) is 13.5. The Morgan fingerprint density at radius 3 is 2.61 bits per heavy atom. The van der Waals surface area contributed by atoms with Gasteiger partial charge in [0.25, 0.3) is 5.91 Å². The molecule has 1 amide bonds. The molecule has 0 fully saturated rings. The van der Waals surface area contributed by atoms with Crippen LogP contribution < -0.4 is 15.0 Å². The number of fused-ring (bicyclic) bond motifs is 1. The summed E-state index contributed by atoms with van der Waals surface area (Å²) in [4.78, 5) is 14.9. The third-order valence-corrected chi connectivity index (χ3v) is 4.93. The fourth-order valence-electron chi connectivity index (χ4n) is 3.28. The molecule has 3 aromatic carbocycles. The summed E-state index contributed by atoms with van der Waals surface area (Å²) in [5.41, 5.74) is 2.32. The van der Waals surface area contributed by atoms with Gasteiger partial charge < -0.3 is 20.3 Å². The maximum atomic E-state index is 13.3. The van der Waals surface area contributed by atoms with Crippen molar-refractivity contribution in [3.05, 3.63) is 76.8 Å². The van der Waals surface area contributed by atoms with Crippen molar-refractivity contribution >= 4 is 28.9 Å². The molecule has 0 radical (unpaired) electrons. The minimum atomic E-state index is -0.654. The zero-order chi connectivity index (χ0) is 19.8. The van der Waals surface area contributed by atoms with E-state index < -0.39 is 11.9 Å². The average molecular weight is 397 g/mol. The number of ether oxygens (including phenoxy) is 1. The number of phenolic OH excluding ortho intramolecular Hbond substituents is 2. The Labute approximate surface area is 166 Å². The van der Waals surface area contributed by atoms with Gasteiger partial charge in [0, 0.05) is 17.3 Å². The first-order valence-corrected chi connectivity index (χ1v) is 8.92. The maximum absolute atomic E-state index is 13.3. The lowest BCUT2D eigenvalue weighted by molar-refractivity contribution is 0.0975. The predicted molar refractivity (Wildman–Crippen MR) is 107 cm³/mol. The molecule has 3 N–H and O–H groups in total. The van der Waals surface area contributed by atoms with E-state index in [0.717, 1.165) is 0 Å².